The SMILES string of the molecule is CC1CN(CC(=O)NNC(=O)c2ccccc2)CC(C)O1. The van der Waals surface area contributed by atoms with Crippen LogP contribution in [0.3, 0.4) is 0 Å². The van der Waals surface area contributed by atoms with Gasteiger partial charge in [0.25, 0.3) is 11.8 Å². The molecule has 1 aromatic rings. The maximum atomic E-state index is 11.9. The summed E-state index contributed by atoms with van der Waals surface area (Å²) in [5.74, 6) is -0.562. The summed E-state index contributed by atoms with van der Waals surface area (Å²) in [6, 6.07) is 8.75. The number of nitrogens with one attached hydrogen (secondary N) is 2. The Labute approximate surface area is 124 Å². The molecule has 1 aliphatic heterocycles. The fourth-order valence-electron chi connectivity index (χ4n) is 2.44. The fourth-order valence-corrected chi connectivity index (χ4v) is 2.44. The number of carbonyl (C=O) groups is 2. The highest BCUT2D eigenvalue weighted by Crippen LogP contribution is 2.09. The van der Waals surface area contributed by atoms with Gasteiger partial charge in [-0.1, -0.05) is 18.2 Å². The molecule has 0 aliphatic carbocycles. The Balaban J connectivity index is 1.76. The quantitative estimate of drug-likeness (QED) is 0.798. The van der Waals surface area contributed by atoms with Crippen LogP contribution in [-0.2, 0) is 9.53 Å². The highest BCUT2D eigenvalue weighted by Gasteiger charge is 2.23. The van der Waals surface area contributed by atoms with Gasteiger partial charge in [-0.3, -0.25) is 25.3 Å². The second kappa shape index (κ2) is 7.19. The standard InChI is InChI=1S/C15H21N3O3/c1-11-8-18(9-12(2)21-11)10-14(19)16-17-15(20)13-6-4-3-5-7-13/h3-7,11-12H,8-10H2,1-2H3,(H,16,19)(H,17,20). The molecule has 6 nitrogen and oxygen atoms in total. The van der Waals surface area contributed by atoms with Crippen LogP contribution >= 0.6 is 0 Å². The monoisotopic (exact) mass is 291 g/mol. The number of benzene rings is 1. The number of ether oxygens (including phenoxy) is 1. The van der Waals surface area contributed by atoms with E-state index in [0.29, 0.717) is 18.7 Å². The molecule has 0 radical (unpaired) electrons. The summed E-state index contributed by atoms with van der Waals surface area (Å²) in [6.45, 7) is 5.64. The molecule has 0 aromatic heterocycles. The number of carbonyl (C=O) groups excluding carboxylic acids is 2. The normalized spacial score (nSPS) is 22.6. The largest absolute Gasteiger partial charge is 0.373 e. The van der Waals surface area contributed by atoms with E-state index in [1.54, 1.807) is 24.3 Å². The first-order valence-electron chi connectivity index (χ1n) is 7.06. The third-order valence-corrected chi connectivity index (χ3v) is 3.21. The summed E-state index contributed by atoms with van der Waals surface area (Å²) in [5, 5.41) is 0. The van der Waals surface area contributed by atoms with E-state index in [1.807, 2.05) is 24.8 Å². The summed E-state index contributed by atoms with van der Waals surface area (Å²) in [4.78, 5) is 25.7. The van der Waals surface area contributed by atoms with Crippen LogP contribution in [0.2, 0.25) is 0 Å². The van der Waals surface area contributed by atoms with E-state index in [1.165, 1.54) is 0 Å². The second-order valence-electron chi connectivity index (χ2n) is 5.32. The van der Waals surface area contributed by atoms with Gasteiger partial charge in [-0.05, 0) is 26.0 Å². The summed E-state index contributed by atoms with van der Waals surface area (Å²) < 4.78 is 5.61. The van der Waals surface area contributed by atoms with Gasteiger partial charge < -0.3 is 4.74 Å². The Morgan fingerprint density at radius 1 is 1.14 bits per heavy atom. The topological polar surface area (TPSA) is 70.7 Å². The highest BCUT2D eigenvalue weighted by atomic mass is 16.5. The molecule has 0 bridgehead atoms. The zero-order valence-corrected chi connectivity index (χ0v) is 12.3. The number of morpholine rings is 1. The van der Waals surface area contributed by atoms with Crippen LogP contribution in [0.5, 0.6) is 0 Å². The number of nitrogens with zero attached hydrogens (tertiary/aromatic N) is 1. The zero-order valence-electron chi connectivity index (χ0n) is 12.3. The first kappa shape index (κ1) is 15.5. The molecule has 1 aliphatic rings. The summed E-state index contributed by atoms with van der Waals surface area (Å²) in [7, 11) is 0. The third-order valence-electron chi connectivity index (χ3n) is 3.21. The van der Waals surface area contributed by atoms with Crippen molar-refractivity contribution >= 4 is 11.8 Å². The molecule has 1 heterocycles. The van der Waals surface area contributed by atoms with E-state index in [0.717, 1.165) is 0 Å². The van der Waals surface area contributed by atoms with Crippen LogP contribution < -0.4 is 10.9 Å². The average Bonchev–Trinajstić information content (AvgIpc) is 2.44. The molecule has 2 rings (SSSR count). The average molecular weight is 291 g/mol. The van der Waals surface area contributed by atoms with E-state index in [2.05, 4.69) is 10.9 Å². The molecular formula is C15H21N3O3. The summed E-state index contributed by atoms with van der Waals surface area (Å²) >= 11 is 0. The van der Waals surface area contributed by atoms with Crippen molar-refractivity contribution in [3.05, 3.63) is 35.9 Å². The number of hydrogen-bond acceptors (Lipinski definition) is 4. The molecule has 2 atom stereocenters. The minimum atomic E-state index is -0.326. The van der Waals surface area contributed by atoms with Crippen LogP contribution in [0.25, 0.3) is 0 Å². The van der Waals surface area contributed by atoms with E-state index >= 15 is 0 Å². The molecule has 0 spiro atoms. The van der Waals surface area contributed by atoms with E-state index in [-0.39, 0.29) is 30.6 Å². The molecule has 6 heteroatoms. The Hall–Kier alpha value is -1.92. The lowest BCUT2D eigenvalue weighted by atomic mass is 10.2. The number of amides is 2. The van der Waals surface area contributed by atoms with Gasteiger partial charge in [0.1, 0.15) is 0 Å². The van der Waals surface area contributed by atoms with Gasteiger partial charge in [-0.2, -0.15) is 0 Å². The van der Waals surface area contributed by atoms with Crippen molar-refractivity contribution in [3.63, 3.8) is 0 Å². The molecule has 1 fully saturated rings. The molecule has 0 saturated carbocycles. The van der Waals surface area contributed by atoms with Crippen LogP contribution in [-0.4, -0.2) is 48.6 Å². The van der Waals surface area contributed by atoms with Crippen LogP contribution in [0, 0.1) is 0 Å². The lowest BCUT2D eigenvalue weighted by Crippen LogP contribution is -2.51. The van der Waals surface area contributed by atoms with Crippen molar-refractivity contribution in [2.45, 2.75) is 26.1 Å². The van der Waals surface area contributed by atoms with Gasteiger partial charge in [0.15, 0.2) is 0 Å². The first-order chi connectivity index (χ1) is 10.0. The highest BCUT2D eigenvalue weighted by molar-refractivity contribution is 5.95. The van der Waals surface area contributed by atoms with Crippen molar-refractivity contribution < 1.29 is 14.3 Å². The van der Waals surface area contributed by atoms with Crippen molar-refractivity contribution in [2.24, 2.45) is 0 Å². The molecule has 1 saturated heterocycles. The van der Waals surface area contributed by atoms with E-state index in [9.17, 15) is 9.59 Å². The first-order valence-corrected chi connectivity index (χ1v) is 7.06. The molecule has 2 unspecified atom stereocenters. The van der Waals surface area contributed by atoms with Gasteiger partial charge in [-0.15, -0.1) is 0 Å². The number of hydrogen-bond donors (Lipinski definition) is 2. The summed E-state index contributed by atoms with van der Waals surface area (Å²) in [6.07, 6.45) is 0.223. The Kier molecular flexibility index (Phi) is 5.30. The minimum Gasteiger partial charge on any atom is -0.373 e. The van der Waals surface area contributed by atoms with E-state index in [4.69, 9.17) is 4.74 Å². The fraction of sp³-hybridized carbons (Fsp3) is 0.467. The predicted molar refractivity (Wildman–Crippen MR) is 78.5 cm³/mol. The number of hydrazine groups is 1. The smallest absolute Gasteiger partial charge is 0.269 e. The molecule has 2 N–H and O–H groups in total. The Bertz CT molecular complexity index is 482. The maximum Gasteiger partial charge on any atom is 0.269 e. The molecule has 2 amide bonds. The lowest BCUT2D eigenvalue weighted by Gasteiger charge is -2.34. The third kappa shape index (κ3) is 4.84. The van der Waals surface area contributed by atoms with Gasteiger partial charge in [0.05, 0.1) is 18.8 Å². The van der Waals surface area contributed by atoms with Crippen LogP contribution in [0.1, 0.15) is 24.2 Å². The Morgan fingerprint density at radius 2 is 1.76 bits per heavy atom. The van der Waals surface area contributed by atoms with Gasteiger partial charge in [0, 0.05) is 18.7 Å². The molecule has 114 valence electrons. The van der Waals surface area contributed by atoms with Crippen molar-refractivity contribution in [1.29, 1.82) is 0 Å². The predicted octanol–water partition coefficient (Wildman–Crippen LogP) is 0.557. The number of rotatable bonds is 3. The minimum absolute atomic E-state index is 0.112. The van der Waals surface area contributed by atoms with Crippen molar-refractivity contribution in [3.8, 4) is 0 Å². The molecule has 21 heavy (non-hydrogen) atoms. The van der Waals surface area contributed by atoms with Crippen molar-refractivity contribution in [2.75, 3.05) is 19.6 Å². The van der Waals surface area contributed by atoms with Crippen LogP contribution in [0.15, 0.2) is 30.3 Å². The van der Waals surface area contributed by atoms with Gasteiger partial charge in [-0.25, -0.2) is 0 Å². The van der Waals surface area contributed by atoms with Gasteiger partial charge in [0.2, 0.25) is 0 Å². The zero-order chi connectivity index (χ0) is 15.2. The molecule has 1 aromatic carbocycles. The maximum absolute atomic E-state index is 11.9. The summed E-state index contributed by atoms with van der Waals surface area (Å²) in [5.41, 5.74) is 5.36. The van der Waals surface area contributed by atoms with Gasteiger partial charge >= 0.3 is 0 Å². The second-order valence-corrected chi connectivity index (χ2v) is 5.32. The van der Waals surface area contributed by atoms with Crippen LogP contribution in [0.4, 0.5) is 0 Å². The molecular weight excluding hydrogens is 270 g/mol. The Morgan fingerprint density at radius 3 is 2.38 bits per heavy atom. The van der Waals surface area contributed by atoms with Crippen molar-refractivity contribution in [1.82, 2.24) is 15.8 Å². The lowest BCUT2D eigenvalue weighted by molar-refractivity contribution is -0.126. The van der Waals surface area contributed by atoms with E-state index < -0.39 is 0 Å².